The summed E-state index contributed by atoms with van der Waals surface area (Å²) in [6.07, 6.45) is -5.43. The van der Waals surface area contributed by atoms with Crippen LogP contribution in [0.2, 0.25) is 0 Å². The van der Waals surface area contributed by atoms with Crippen molar-refractivity contribution in [2.45, 2.75) is 37.6 Å². The van der Waals surface area contributed by atoms with Crippen LogP contribution in [0, 0.1) is 0 Å². The Morgan fingerprint density at radius 1 is 1.27 bits per heavy atom. The molecule has 0 aliphatic carbocycles. The Hall–Kier alpha value is -1.87. The SMILES string of the molecule is CC1OC(Oc2ccc(N)cc2)C(OCC(=O)O)C(O)C1O. The normalized spacial score (nSPS) is 31.7. The van der Waals surface area contributed by atoms with Gasteiger partial charge in [-0.15, -0.1) is 0 Å². The maximum Gasteiger partial charge on any atom is 0.329 e. The molecule has 0 radical (unpaired) electrons. The third-order valence-electron chi connectivity index (χ3n) is 3.32. The van der Waals surface area contributed by atoms with E-state index in [0.29, 0.717) is 11.4 Å². The van der Waals surface area contributed by atoms with Crippen LogP contribution in [0.1, 0.15) is 6.92 Å². The topological polar surface area (TPSA) is 131 Å². The molecule has 122 valence electrons. The number of carbonyl (C=O) groups is 1. The molecule has 8 heteroatoms. The monoisotopic (exact) mass is 313 g/mol. The number of aliphatic hydroxyl groups excluding tert-OH is 2. The van der Waals surface area contributed by atoms with Gasteiger partial charge in [-0.05, 0) is 31.2 Å². The predicted octanol–water partition coefficient (Wildman–Crippen LogP) is -0.416. The number of carboxylic acids is 1. The lowest BCUT2D eigenvalue weighted by atomic mass is 10.00. The van der Waals surface area contributed by atoms with Crippen LogP contribution in [-0.4, -0.2) is 58.6 Å². The van der Waals surface area contributed by atoms with E-state index in [1.54, 1.807) is 31.2 Å². The molecule has 5 atom stereocenters. The van der Waals surface area contributed by atoms with Gasteiger partial charge in [0.1, 0.15) is 30.7 Å². The molecule has 2 rings (SSSR count). The maximum absolute atomic E-state index is 10.6. The highest BCUT2D eigenvalue weighted by Gasteiger charge is 2.45. The van der Waals surface area contributed by atoms with Gasteiger partial charge in [0.2, 0.25) is 6.29 Å². The zero-order valence-corrected chi connectivity index (χ0v) is 12.0. The lowest BCUT2D eigenvalue weighted by Crippen LogP contribution is -2.59. The number of aliphatic hydroxyl groups is 2. The lowest BCUT2D eigenvalue weighted by molar-refractivity contribution is -0.278. The molecule has 5 N–H and O–H groups in total. The minimum Gasteiger partial charge on any atom is -0.480 e. The van der Waals surface area contributed by atoms with E-state index < -0.39 is 43.3 Å². The highest BCUT2D eigenvalue weighted by Crippen LogP contribution is 2.26. The number of anilines is 1. The highest BCUT2D eigenvalue weighted by molar-refractivity contribution is 5.68. The molecule has 0 bridgehead atoms. The molecule has 22 heavy (non-hydrogen) atoms. The summed E-state index contributed by atoms with van der Waals surface area (Å²) in [5.41, 5.74) is 6.14. The van der Waals surface area contributed by atoms with Crippen molar-refractivity contribution >= 4 is 11.7 Å². The van der Waals surface area contributed by atoms with E-state index in [9.17, 15) is 15.0 Å². The summed E-state index contributed by atoms with van der Waals surface area (Å²) in [6, 6.07) is 6.46. The number of nitrogens with two attached hydrogens (primary N) is 1. The Morgan fingerprint density at radius 3 is 2.50 bits per heavy atom. The van der Waals surface area contributed by atoms with Gasteiger partial charge < -0.3 is 35.3 Å². The van der Waals surface area contributed by atoms with E-state index in [1.165, 1.54) is 0 Å². The Balaban J connectivity index is 2.12. The molecule has 1 aliphatic heterocycles. The standard InChI is InChI=1S/C14H19NO7/c1-7-11(18)12(19)13(20-6-10(16)17)14(21-7)22-9-4-2-8(15)3-5-9/h2-5,7,11-14,18-19H,6,15H2,1H3,(H,16,17). The smallest absolute Gasteiger partial charge is 0.329 e. The number of hydrogen-bond donors (Lipinski definition) is 4. The Bertz CT molecular complexity index is 506. The third-order valence-corrected chi connectivity index (χ3v) is 3.32. The average Bonchev–Trinajstić information content (AvgIpc) is 2.46. The van der Waals surface area contributed by atoms with Crippen molar-refractivity contribution < 1.29 is 34.3 Å². The number of carboxylic acid groups (broad SMARTS) is 1. The van der Waals surface area contributed by atoms with Crippen molar-refractivity contribution in [3.63, 3.8) is 0 Å². The molecule has 0 saturated carbocycles. The largest absolute Gasteiger partial charge is 0.480 e. The van der Waals surface area contributed by atoms with Gasteiger partial charge in [0.15, 0.2) is 0 Å². The summed E-state index contributed by atoms with van der Waals surface area (Å²) < 4.78 is 16.1. The van der Waals surface area contributed by atoms with Crippen molar-refractivity contribution in [2.24, 2.45) is 0 Å². The fourth-order valence-corrected chi connectivity index (χ4v) is 2.12. The van der Waals surface area contributed by atoms with Crippen LogP contribution in [0.25, 0.3) is 0 Å². The molecule has 1 saturated heterocycles. The second-order valence-corrected chi connectivity index (χ2v) is 5.05. The molecule has 8 nitrogen and oxygen atoms in total. The first-order valence-electron chi connectivity index (χ1n) is 6.75. The van der Waals surface area contributed by atoms with E-state index in [1.807, 2.05) is 0 Å². The fraction of sp³-hybridized carbons (Fsp3) is 0.500. The Kier molecular flexibility index (Phi) is 5.19. The van der Waals surface area contributed by atoms with E-state index >= 15 is 0 Å². The van der Waals surface area contributed by atoms with Crippen molar-refractivity contribution in [3.05, 3.63) is 24.3 Å². The maximum atomic E-state index is 10.6. The number of ether oxygens (including phenoxy) is 3. The lowest BCUT2D eigenvalue weighted by Gasteiger charge is -2.40. The van der Waals surface area contributed by atoms with Gasteiger partial charge in [-0.25, -0.2) is 4.79 Å². The number of rotatable bonds is 5. The van der Waals surface area contributed by atoms with Crippen molar-refractivity contribution in [1.29, 1.82) is 0 Å². The van der Waals surface area contributed by atoms with E-state index in [4.69, 9.17) is 25.1 Å². The van der Waals surface area contributed by atoms with Gasteiger partial charge in [0.25, 0.3) is 0 Å². The number of aliphatic carboxylic acids is 1. The van der Waals surface area contributed by atoms with Gasteiger partial charge in [0.05, 0.1) is 6.10 Å². The third kappa shape index (κ3) is 3.86. The van der Waals surface area contributed by atoms with Gasteiger partial charge >= 0.3 is 5.97 Å². The minimum atomic E-state index is -1.33. The summed E-state index contributed by atoms with van der Waals surface area (Å²) in [7, 11) is 0. The fourth-order valence-electron chi connectivity index (χ4n) is 2.12. The quantitative estimate of drug-likeness (QED) is 0.539. The first-order chi connectivity index (χ1) is 10.4. The molecule has 1 aromatic rings. The van der Waals surface area contributed by atoms with Crippen molar-refractivity contribution in [2.75, 3.05) is 12.3 Å². The molecule has 1 heterocycles. The second-order valence-electron chi connectivity index (χ2n) is 5.05. The number of benzene rings is 1. The highest BCUT2D eigenvalue weighted by atomic mass is 16.7. The first kappa shape index (κ1) is 16.5. The Morgan fingerprint density at radius 2 is 1.91 bits per heavy atom. The summed E-state index contributed by atoms with van der Waals surface area (Å²) in [5, 5.41) is 28.6. The molecule has 1 aliphatic rings. The number of hydrogen-bond acceptors (Lipinski definition) is 7. The zero-order chi connectivity index (χ0) is 16.3. The Labute approximate surface area is 127 Å². The van der Waals surface area contributed by atoms with Crippen LogP contribution in [0.3, 0.4) is 0 Å². The molecule has 1 aromatic carbocycles. The van der Waals surface area contributed by atoms with E-state index in [2.05, 4.69) is 0 Å². The average molecular weight is 313 g/mol. The molecule has 0 amide bonds. The molecular formula is C14H19NO7. The van der Waals surface area contributed by atoms with Crippen LogP contribution < -0.4 is 10.5 Å². The second kappa shape index (κ2) is 6.93. The molecule has 0 aromatic heterocycles. The van der Waals surface area contributed by atoms with Gasteiger partial charge in [-0.3, -0.25) is 0 Å². The van der Waals surface area contributed by atoms with Gasteiger partial charge in [-0.1, -0.05) is 0 Å². The summed E-state index contributed by atoms with van der Waals surface area (Å²) in [5.74, 6) is -0.787. The summed E-state index contributed by atoms with van der Waals surface area (Å²) >= 11 is 0. The van der Waals surface area contributed by atoms with Crippen LogP contribution in [0.5, 0.6) is 5.75 Å². The van der Waals surface area contributed by atoms with Crippen molar-refractivity contribution in [1.82, 2.24) is 0 Å². The van der Waals surface area contributed by atoms with Crippen LogP contribution in [-0.2, 0) is 14.3 Å². The van der Waals surface area contributed by atoms with Gasteiger partial charge in [0, 0.05) is 5.69 Å². The van der Waals surface area contributed by atoms with Crippen LogP contribution in [0.15, 0.2) is 24.3 Å². The van der Waals surface area contributed by atoms with E-state index in [-0.39, 0.29) is 0 Å². The first-order valence-corrected chi connectivity index (χ1v) is 6.75. The van der Waals surface area contributed by atoms with Crippen LogP contribution in [0.4, 0.5) is 5.69 Å². The minimum absolute atomic E-state index is 0.416. The van der Waals surface area contributed by atoms with Crippen molar-refractivity contribution in [3.8, 4) is 5.75 Å². The van der Waals surface area contributed by atoms with Crippen LogP contribution >= 0.6 is 0 Å². The molecule has 1 fully saturated rings. The van der Waals surface area contributed by atoms with E-state index in [0.717, 1.165) is 0 Å². The summed E-state index contributed by atoms with van der Waals surface area (Å²) in [4.78, 5) is 10.6. The molecular weight excluding hydrogens is 294 g/mol. The summed E-state index contributed by atoms with van der Waals surface area (Å²) in [6.45, 7) is 0.925. The van der Waals surface area contributed by atoms with Gasteiger partial charge in [-0.2, -0.15) is 0 Å². The zero-order valence-electron chi connectivity index (χ0n) is 12.0. The predicted molar refractivity (Wildman–Crippen MR) is 75.2 cm³/mol. The molecule has 0 spiro atoms. The molecule has 5 unspecified atom stereocenters. The number of nitrogen functional groups attached to an aromatic ring is 1.